The van der Waals surface area contributed by atoms with Crippen molar-refractivity contribution in [1.82, 2.24) is 0 Å². The third kappa shape index (κ3) is 4.65. The van der Waals surface area contributed by atoms with E-state index in [0.717, 1.165) is 6.26 Å². The molecule has 0 unspecified atom stereocenters. The molecule has 0 fully saturated rings. The predicted octanol–water partition coefficient (Wildman–Crippen LogP) is 2.25. The van der Waals surface area contributed by atoms with E-state index in [2.05, 4.69) is 5.32 Å². The molecule has 0 bridgehead atoms. The minimum atomic E-state index is -3.49. The lowest BCUT2D eigenvalue weighted by Gasteiger charge is -2.19. The monoisotopic (exact) mass is 299 g/mol. The van der Waals surface area contributed by atoms with E-state index in [4.69, 9.17) is 4.74 Å². The van der Waals surface area contributed by atoms with Crippen LogP contribution in [0.15, 0.2) is 23.1 Å². The van der Waals surface area contributed by atoms with Gasteiger partial charge in [-0.2, -0.15) is 0 Å². The van der Waals surface area contributed by atoms with Crippen LogP contribution in [0.5, 0.6) is 0 Å². The molecule has 0 saturated carbocycles. The van der Waals surface area contributed by atoms with Gasteiger partial charge in [0.15, 0.2) is 16.1 Å². The fraction of sp³-hybridized carbons (Fsp3) is 0.385. The first-order valence-electron chi connectivity index (χ1n) is 5.82. The van der Waals surface area contributed by atoms with Crippen molar-refractivity contribution in [2.24, 2.45) is 0 Å². The van der Waals surface area contributed by atoms with Gasteiger partial charge in [0.1, 0.15) is 5.60 Å². The number of ether oxygens (including phenoxy) is 1. The van der Waals surface area contributed by atoms with E-state index >= 15 is 0 Å². The minimum Gasteiger partial charge on any atom is -0.444 e. The number of hydrogen-bond donors (Lipinski definition) is 1. The standard InChI is InChI=1S/C13H17NO5S/c1-13(2,3)19-12(16)14-10-5-6-11(20(4,17)18)9(7-10)8-15/h5-8H,1-4H3,(H,14,16). The van der Waals surface area contributed by atoms with Gasteiger partial charge in [-0.1, -0.05) is 0 Å². The molecule has 0 aliphatic heterocycles. The zero-order valence-electron chi connectivity index (χ0n) is 11.8. The molecule has 20 heavy (non-hydrogen) atoms. The Morgan fingerprint density at radius 1 is 1.30 bits per heavy atom. The van der Waals surface area contributed by atoms with Gasteiger partial charge < -0.3 is 4.74 Å². The highest BCUT2D eigenvalue weighted by Crippen LogP contribution is 2.19. The number of hydrogen-bond acceptors (Lipinski definition) is 5. The number of sulfone groups is 1. The molecule has 110 valence electrons. The van der Waals surface area contributed by atoms with Gasteiger partial charge in [-0.15, -0.1) is 0 Å². The molecule has 0 aromatic heterocycles. The molecule has 1 amide bonds. The summed E-state index contributed by atoms with van der Waals surface area (Å²) in [5.41, 5.74) is -0.376. The van der Waals surface area contributed by atoms with Crippen LogP contribution in [0, 0.1) is 0 Å². The first-order chi connectivity index (χ1) is 9.03. The van der Waals surface area contributed by atoms with Crippen LogP contribution in [0.25, 0.3) is 0 Å². The Bertz CT molecular complexity index is 629. The molecule has 7 heteroatoms. The molecule has 1 N–H and O–H groups in total. The largest absolute Gasteiger partial charge is 0.444 e. The van der Waals surface area contributed by atoms with Gasteiger partial charge in [-0.25, -0.2) is 13.2 Å². The van der Waals surface area contributed by atoms with Gasteiger partial charge >= 0.3 is 6.09 Å². The van der Waals surface area contributed by atoms with E-state index in [1.165, 1.54) is 18.2 Å². The lowest BCUT2D eigenvalue weighted by atomic mass is 10.2. The molecule has 6 nitrogen and oxygen atoms in total. The average molecular weight is 299 g/mol. The summed E-state index contributed by atoms with van der Waals surface area (Å²) < 4.78 is 28.0. The normalized spacial score (nSPS) is 11.8. The zero-order chi connectivity index (χ0) is 15.6. The number of amides is 1. The van der Waals surface area contributed by atoms with E-state index in [1.807, 2.05) is 0 Å². The quantitative estimate of drug-likeness (QED) is 0.865. The van der Waals surface area contributed by atoms with Gasteiger partial charge in [-0.3, -0.25) is 10.1 Å². The van der Waals surface area contributed by atoms with E-state index in [9.17, 15) is 18.0 Å². The highest BCUT2D eigenvalue weighted by Gasteiger charge is 2.18. The molecule has 0 radical (unpaired) electrons. The highest BCUT2D eigenvalue weighted by atomic mass is 32.2. The van der Waals surface area contributed by atoms with Gasteiger partial charge in [0.05, 0.1) is 4.90 Å². The molecule has 0 spiro atoms. The SMILES string of the molecule is CC(C)(C)OC(=O)Nc1ccc(S(C)(=O)=O)c(C=O)c1. The second-order valence-electron chi connectivity index (χ2n) is 5.27. The maximum atomic E-state index is 11.6. The number of anilines is 1. The molecule has 0 heterocycles. The van der Waals surface area contributed by atoms with Crippen molar-refractivity contribution < 1.29 is 22.7 Å². The predicted molar refractivity (Wildman–Crippen MR) is 74.8 cm³/mol. The van der Waals surface area contributed by atoms with Crippen LogP contribution in [0.2, 0.25) is 0 Å². The van der Waals surface area contributed by atoms with Crippen LogP contribution in [0.3, 0.4) is 0 Å². The van der Waals surface area contributed by atoms with Gasteiger partial charge in [0.2, 0.25) is 0 Å². The van der Waals surface area contributed by atoms with Crippen LogP contribution < -0.4 is 5.32 Å². The number of rotatable bonds is 3. The van der Waals surface area contributed by atoms with Crippen LogP contribution in [-0.4, -0.2) is 32.7 Å². The van der Waals surface area contributed by atoms with Crippen molar-refractivity contribution in [2.75, 3.05) is 11.6 Å². The molecule has 0 aliphatic rings. The van der Waals surface area contributed by atoms with E-state index < -0.39 is 21.5 Å². The molecule has 1 aromatic carbocycles. The van der Waals surface area contributed by atoms with Crippen molar-refractivity contribution in [3.63, 3.8) is 0 Å². The van der Waals surface area contributed by atoms with Crippen LogP contribution >= 0.6 is 0 Å². The van der Waals surface area contributed by atoms with Crippen molar-refractivity contribution >= 4 is 27.9 Å². The van der Waals surface area contributed by atoms with Gasteiger partial charge in [0, 0.05) is 17.5 Å². The summed E-state index contributed by atoms with van der Waals surface area (Å²) in [6.45, 7) is 5.16. The molecule has 1 rings (SSSR count). The summed E-state index contributed by atoms with van der Waals surface area (Å²) >= 11 is 0. The Balaban J connectivity index is 3.00. The molecular weight excluding hydrogens is 282 g/mol. The molecule has 1 aromatic rings. The van der Waals surface area contributed by atoms with Crippen molar-refractivity contribution in [2.45, 2.75) is 31.3 Å². The average Bonchev–Trinajstić information content (AvgIpc) is 2.24. The summed E-state index contributed by atoms with van der Waals surface area (Å²) in [6.07, 6.45) is 0.758. The lowest BCUT2D eigenvalue weighted by Crippen LogP contribution is -2.27. The Labute approximate surface area is 118 Å². The summed E-state index contributed by atoms with van der Waals surface area (Å²) in [6, 6.07) is 3.95. The second-order valence-corrected chi connectivity index (χ2v) is 7.25. The highest BCUT2D eigenvalue weighted by molar-refractivity contribution is 7.90. The molecule has 0 aliphatic carbocycles. The molecular formula is C13H17NO5S. The van der Waals surface area contributed by atoms with E-state index in [1.54, 1.807) is 20.8 Å². The van der Waals surface area contributed by atoms with Crippen molar-refractivity contribution in [3.8, 4) is 0 Å². The Hall–Kier alpha value is -1.89. The van der Waals surface area contributed by atoms with Gasteiger partial charge in [-0.05, 0) is 39.0 Å². The van der Waals surface area contributed by atoms with Crippen molar-refractivity contribution in [3.05, 3.63) is 23.8 Å². The third-order valence-corrected chi connectivity index (χ3v) is 3.35. The maximum absolute atomic E-state index is 11.6. The van der Waals surface area contributed by atoms with Crippen LogP contribution in [-0.2, 0) is 14.6 Å². The summed E-state index contributed by atoms with van der Waals surface area (Å²) in [7, 11) is -3.49. The fourth-order valence-electron chi connectivity index (χ4n) is 1.48. The maximum Gasteiger partial charge on any atom is 0.412 e. The van der Waals surface area contributed by atoms with E-state index in [-0.39, 0.29) is 16.1 Å². The number of carbonyl (C=O) groups excluding carboxylic acids is 2. The number of benzene rings is 1. The lowest BCUT2D eigenvalue weighted by molar-refractivity contribution is 0.0635. The summed E-state index contributed by atoms with van der Waals surface area (Å²) in [5, 5.41) is 2.44. The number of carbonyl (C=O) groups is 2. The first kappa shape index (κ1) is 16.2. The molecule has 0 saturated heterocycles. The first-order valence-corrected chi connectivity index (χ1v) is 7.71. The second kappa shape index (κ2) is 5.62. The topological polar surface area (TPSA) is 89.5 Å². The Morgan fingerprint density at radius 3 is 2.35 bits per heavy atom. The third-order valence-electron chi connectivity index (χ3n) is 2.18. The number of nitrogens with one attached hydrogen (secondary N) is 1. The van der Waals surface area contributed by atoms with Crippen molar-refractivity contribution in [1.29, 1.82) is 0 Å². The van der Waals surface area contributed by atoms with E-state index in [0.29, 0.717) is 6.29 Å². The Kier molecular flexibility index (Phi) is 4.54. The summed E-state index contributed by atoms with van der Waals surface area (Å²) in [4.78, 5) is 22.4. The van der Waals surface area contributed by atoms with Crippen LogP contribution in [0.4, 0.5) is 10.5 Å². The van der Waals surface area contributed by atoms with Crippen LogP contribution in [0.1, 0.15) is 31.1 Å². The molecule has 0 atom stereocenters. The smallest absolute Gasteiger partial charge is 0.412 e. The zero-order valence-corrected chi connectivity index (χ0v) is 12.6. The summed E-state index contributed by atoms with van der Waals surface area (Å²) in [5.74, 6) is 0. The number of aldehydes is 1. The van der Waals surface area contributed by atoms with Gasteiger partial charge in [0.25, 0.3) is 0 Å². The Morgan fingerprint density at radius 2 is 1.90 bits per heavy atom. The fourth-order valence-corrected chi connectivity index (χ4v) is 2.33. The minimum absolute atomic E-state index is 0.0129.